The Morgan fingerprint density at radius 2 is 1.53 bits per heavy atom. The molecule has 8 heteroatoms. The predicted molar refractivity (Wildman–Crippen MR) is 55.4 cm³/mol. The molecule has 4 saturated heterocycles. The van der Waals surface area contributed by atoms with Gasteiger partial charge in [0.1, 0.15) is 0 Å². The molecule has 4 aliphatic rings. The Morgan fingerprint density at radius 3 is 2.00 bits per heavy atom. The van der Waals surface area contributed by atoms with Crippen molar-refractivity contribution in [2.45, 2.75) is 0 Å². The summed E-state index contributed by atoms with van der Waals surface area (Å²) in [6.07, 6.45) is 0. The Bertz CT molecular complexity index is 339. The summed E-state index contributed by atoms with van der Waals surface area (Å²) in [5.74, 6) is 0. The van der Waals surface area contributed by atoms with Crippen molar-refractivity contribution in [1.29, 1.82) is 0 Å². The molecular weight excluding hydrogens is 215 g/mol. The summed E-state index contributed by atoms with van der Waals surface area (Å²) in [6.45, 7) is 2.65. The van der Waals surface area contributed by atoms with Crippen molar-refractivity contribution in [2.24, 2.45) is 0 Å². The molecule has 4 rings (SSSR count). The number of quaternary nitrogens is 1. The third-order valence-electron chi connectivity index (χ3n) is 3.91. The Balaban J connectivity index is 2.15. The van der Waals surface area contributed by atoms with E-state index in [0.29, 0.717) is 4.59 Å². The van der Waals surface area contributed by atoms with Crippen LogP contribution in [0.3, 0.4) is 0 Å². The lowest BCUT2D eigenvalue weighted by Gasteiger charge is -2.66. The van der Waals surface area contributed by atoms with E-state index in [1.807, 2.05) is 35.5 Å². The van der Waals surface area contributed by atoms with Crippen molar-refractivity contribution in [3.63, 3.8) is 0 Å². The molecule has 4 fully saturated rings. The maximum absolute atomic E-state index is 13.0. The summed E-state index contributed by atoms with van der Waals surface area (Å²) in [7, 11) is 5.33. The van der Waals surface area contributed by atoms with Crippen LogP contribution >= 0.6 is 7.59 Å². The van der Waals surface area contributed by atoms with E-state index in [4.69, 9.17) is 0 Å². The van der Waals surface area contributed by atoms with E-state index in [1.165, 1.54) is 0 Å². The SMILES string of the molecule is CN1N2CN3C[N+](C)(C2)N(C)P1(=O)N3C. The van der Waals surface area contributed by atoms with Crippen molar-refractivity contribution in [2.75, 3.05) is 48.2 Å². The van der Waals surface area contributed by atoms with Crippen LogP contribution in [0.2, 0.25) is 0 Å². The fourth-order valence-electron chi connectivity index (χ4n) is 2.75. The van der Waals surface area contributed by atoms with Gasteiger partial charge in [0.25, 0.3) is 0 Å². The van der Waals surface area contributed by atoms with Crippen LogP contribution in [-0.4, -0.2) is 77.1 Å². The maximum atomic E-state index is 13.0. The van der Waals surface area contributed by atoms with Crippen molar-refractivity contribution >= 4 is 7.59 Å². The molecule has 4 aliphatic heterocycles. The van der Waals surface area contributed by atoms with Crippen LogP contribution in [0.15, 0.2) is 0 Å². The van der Waals surface area contributed by atoms with Crippen LogP contribution in [0.5, 0.6) is 0 Å². The molecule has 7 nitrogen and oxygen atoms in total. The highest BCUT2D eigenvalue weighted by molar-refractivity contribution is 7.56. The summed E-state index contributed by atoms with van der Waals surface area (Å²) in [6, 6.07) is 0. The molecule has 15 heavy (non-hydrogen) atoms. The topological polar surface area (TPSA) is 33.3 Å². The van der Waals surface area contributed by atoms with Gasteiger partial charge in [0.2, 0.25) is 0 Å². The van der Waals surface area contributed by atoms with Gasteiger partial charge in [-0.1, -0.05) is 4.78 Å². The molecule has 4 heterocycles. The number of hydrogen-bond acceptors (Lipinski definition) is 3. The summed E-state index contributed by atoms with van der Waals surface area (Å²) in [4.78, 5) is 0. The van der Waals surface area contributed by atoms with Crippen LogP contribution in [0.4, 0.5) is 0 Å². The first-order valence-corrected chi connectivity index (χ1v) is 6.63. The zero-order valence-electron chi connectivity index (χ0n) is 9.66. The number of hydrogen-bond donors (Lipinski definition) is 0. The summed E-state index contributed by atoms with van der Waals surface area (Å²) >= 11 is 0. The lowest BCUT2D eigenvalue weighted by atomic mass is 10.6. The van der Waals surface area contributed by atoms with E-state index in [1.54, 1.807) is 0 Å². The van der Waals surface area contributed by atoms with E-state index >= 15 is 0 Å². The van der Waals surface area contributed by atoms with Crippen LogP contribution < -0.4 is 0 Å². The monoisotopic (exact) mass is 233 g/mol. The van der Waals surface area contributed by atoms with Gasteiger partial charge >= 0.3 is 7.59 Å². The zero-order valence-corrected chi connectivity index (χ0v) is 10.6. The van der Waals surface area contributed by atoms with E-state index < -0.39 is 7.59 Å². The molecule has 0 aromatic rings. The summed E-state index contributed by atoms with van der Waals surface area (Å²) < 4.78 is 19.5. The first kappa shape index (κ1) is 10.2. The van der Waals surface area contributed by atoms with Crippen molar-refractivity contribution in [3.8, 4) is 0 Å². The van der Waals surface area contributed by atoms with Gasteiger partial charge in [0.15, 0.2) is 13.3 Å². The molecular formula is C7H18N6OP+. The van der Waals surface area contributed by atoms with E-state index in [-0.39, 0.29) is 0 Å². The van der Waals surface area contributed by atoms with E-state index in [0.717, 1.165) is 20.0 Å². The molecule has 0 aromatic heterocycles. The normalized spacial score (nSPS) is 56.5. The van der Waals surface area contributed by atoms with Crippen LogP contribution in [-0.2, 0) is 4.57 Å². The molecule has 0 amide bonds. The van der Waals surface area contributed by atoms with E-state index in [9.17, 15) is 4.57 Å². The number of rotatable bonds is 0. The first-order valence-electron chi connectivity index (χ1n) is 5.07. The minimum Gasteiger partial charge on any atom is -0.263 e. The van der Waals surface area contributed by atoms with Gasteiger partial charge in [-0.2, -0.15) is 19.6 Å². The first-order chi connectivity index (χ1) is 6.89. The van der Waals surface area contributed by atoms with Gasteiger partial charge in [0, 0.05) is 21.1 Å². The second kappa shape index (κ2) is 2.62. The quantitative estimate of drug-likeness (QED) is 0.418. The van der Waals surface area contributed by atoms with Crippen LogP contribution in [0.1, 0.15) is 0 Å². The molecule has 0 spiro atoms. The van der Waals surface area contributed by atoms with Crippen LogP contribution in [0.25, 0.3) is 0 Å². The lowest BCUT2D eigenvalue weighted by Crippen LogP contribution is -2.81. The Labute approximate surface area is 90.0 Å². The average molecular weight is 233 g/mol. The van der Waals surface area contributed by atoms with Gasteiger partial charge in [-0.05, 0) is 0 Å². The highest BCUT2D eigenvalue weighted by Gasteiger charge is 2.64. The fourth-order valence-corrected chi connectivity index (χ4v) is 5.43. The molecule has 0 saturated carbocycles. The van der Waals surface area contributed by atoms with Gasteiger partial charge in [0.05, 0.1) is 13.7 Å². The largest absolute Gasteiger partial charge is 0.356 e. The molecule has 2 atom stereocenters. The van der Waals surface area contributed by atoms with Crippen LogP contribution in [0, 0.1) is 0 Å². The minimum atomic E-state index is -2.58. The highest BCUT2D eigenvalue weighted by atomic mass is 31.2. The molecule has 0 radical (unpaired) electrons. The molecule has 0 aliphatic carbocycles. The van der Waals surface area contributed by atoms with Gasteiger partial charge < -0.3 is 0 Å². The standard InChI is InChI=1S/C7H18N6OP/c1-8-11-5-12-7-13(4,6-11)10(3)15(8,14)9(12)2/h5-7H2,1-4H3/q+1. The Morgan fingerprint density at radius 1 is 1.07 bits per heavy atom. The zero-order chi connectivity index (χ0) is 11.0. The van der Waals surface area contributed by atoms with Gasteiger partial charge in [-0.15, -0.1) is 0 Å². The van der Waals surface area contributed by atoms with E-state index in [2.05, 4.69) is 17.1 Å². The second-order valence-electron chi connectivity index (χ2n) is 4.76. The minimum absolute atomic E-state index is 0.714. The number of hydrazine groups is 2. The highest BCUT2D eigenvalue weighted by Crippen LogP contribution is 2.64. The third-order valence-corrected chi connectivity index (χ3v) is 7.11. The lowest BCUT2D eigenvalue weighted by molar-refractivity contribution is -1.03. The summed E-state index contributed by atoms with van der Waals surface area (Å²) in [5, 5.41) is 4.31. The summed E-state index contributed by atoms with van der Waals surface area (Å²) in [5.41, 5.74) is 0. The maximum Gasteiger partial charge on any atom is 0.356 e. The van der Waals surface area contributed by atoms with Crippen molar-refractivity contribution < 1.29 is 9.16 Å². The van der Waals surface area contributed by atoms with Crippen molar-refractivity contribution in [1.82, 2.24) is 24.4 Å². The average Bonchev–Trinajstić information content (AvgIpc) is 2.20. The predicted octanol–water partition coefficient (Wildman–Crippen LogP) is -0.401. The Kier molecular flexibility index (Phi) is 1.78. The molecule has 0 aromatic carbocycles. The molecule has 0 N–H and O–H groups in total. The molecule has 4 bridgehead atoms. The molecule has 2 unspecified atom stereocenters. The Hall–Kier alpha value is -0.0100. The number of nitrogens with zero attached hydrogens (tertiary/aromatic N) is 6. The van der Waals surface area contributed by atoms with Gasteiger partial charge in [-0.25, -0.2) is 4.59 Å². The fraction of sp³-hybridized carbons (Fsp3) is 1.00. The van der Waals surface area contributed by atoms with Gasteiger partial charge in [-0.3, -0.25) is 4.57 Å². The molecule has 86 valence electrons. The van der Waals surface area contributed by atoms with Crippen molar-refractivity contribution in [3.05, 3.63) is 0 Å². The second-order valence-corrected chi connectivity index (χ2v) is 7.52. The third kappa shape index (κ3) is 0.951. The smallest absolute Gasteiger partial charge is 0.263 e.